The van der Waals surface area contributed by atoms with Gasteiger partial charge in [0.2, 0.25) is 0 Å². The Balaban J connectivity index is 2.05. The van der Waals surface area contributed by atoms with Crippen molar-refractivity contribution in [2.75, 3.05) is 0 Å². The average molecular weight is 246 g/mol. The summed E-state index contributed by atoms with van der Waals surface area (Å²) in [7, 11) is 0. The van der Waals surface area contributed by atoms with Gasteiger partial charge in [-0.1, -0.05) is 18.2 Å². The lowest BCUT2D eigenvalue weighted by molar-refractivity contribution is 0.0945. The molecular formula is C13H11FN2O2. The molecule has 1 aromatic carbocycles. The number of benzene rings is 1. The van der Waals surface area contributed by atoms with Gasteiger partial charge in [0.05, 0.1) is 0 Å². The summed E-state index contributed by atoms with van der Waals surface area (Å²) >= 11 is 0. The van der Waals surface area contributed by atoms with Crippen LogP contribution in [0.5, 0.6) is 0 Å². The lowest BCUT2D eigenvalue weighted by Gasteiger charge is -2.05. The Morgan fingerprint density at radius 3 is 2.78 bits per heavy atom. The highest BCUT2D eigenvalue weighted by Gasteiger charge is 2.07. The fraction of sp³-hybridized carbons (Fsp3) is 0.0769. The number of aromatic amines is 1. The summed E-state index contributed by atoms with van der Waals surface area (Å²) in [5.74, 6) is -0.824. The molecule has 92 valence electrons. The highest BCUT2D eigenvalue weighted by atomic mass is 19.1. The van der Waals surface area contributed by atoms with E-state index in [1.54, 1.807) is 18.2 Å². The third-order valence-corrected chi connectivity index (χ3v) is 2.41. The summed E-state index contributed by atoms with van der Waals surface area (Å²) in [5, 5.41) is 2.53. The van der Waals surface area contributed by atoms with Gasteiger partial charge in [0.1, 0.15) is 11.5 Å². The maximum atomic E-state index is 13.3. The number of carbonyl (C=O) groups excluding carboxylic acids is 1. The lowest BCUT2D eigenvalue weighted by Crippen LogP contribution is -2.25. The molecule has 18 heavy (non-hydrogen) atoms. The molecule has 0 fully saturated rings. The highest BCUT2D eigenvalue weighted by molar-refractivity contribution is 5.92. The maximum absolute atomic E-state index is 13.3. The molecule has 1 aromatic heterocycles. The number of H-pyrrole nitrogens is 1. The van der Waals surface area contributed by atoms with Gasteiger partial charge >= 0.3 is 0 Å². The average Bonchev–Trinajstić information content (AvgIpc) is 2.37. The summed E-state index contributed by atoms with van der Waals surface area (Å²) in [6.45, 7) is 0.0719. The van der Waals surface area contributed by atoms with Gasteiger partial charge < -0.3 is 10.3 Å². The van der Waals surface area contributed by atoms with Crippen molar-refractivity contribution < 1.29 is 9.18 Å². The minimum atomic E-state index is -0.448. The second-order valence-corrected chi connectivity index (χ2v) is 3.71. The van der Waals surface area contributed by atoms with Gasteiger partial charge in [-0.3, -0.25) is 9.59 Å². The van der Waals surface area contributed by atoms with Gasteiger partial charge in [0.25, 0.3) is 5.91 Å². The first-order chi connectivity index (χ1) is 8.66. The third-order valence-electron chi connectivity index (χ3n) is 2.41. The first-order valence-corrected chi connectivity index (χ1v) is 5.37. The SMILES string of the molecule is O=C(NCc1ccccc1F)c1cc(=O)cc[nH]1. The zero-order valence-electron chi connectivity index (χ0n) is 9.44. The van der Waals surface area contributed by atoms with Crippen LogP contribution in [0, 0.1) is 5.82 Å². The first-order valence-electron chi connectivity index (χ1n) is 5.37. The molecule has 5 heteroatoms. The van der Waals surface area contributed by atoms with Crippen molar-refractivity contribution in [1.29, 1.82) is 0 Å². The highest BCUT2D eigenvalue weighted by Crippen LogP contribution is 2.05. The number of pyridine rings is 1. The number of aromatic nitrogens is 1. The van der Waals surface area contributed by atoms with E-state index >= 15 is 0 Å². The van der Waals surface area contributed by atoms with Crippen LogP contribution in [-0.4, -0.2) is 10.9 Å². The second-order valence-electron chi connectivity index (χ2n) is 3.71. The molecule has 2 aromatic rings. The molecule has 0 aliphatic heterocycles. The molecule has 0 saturated heterocycles. The molecular weight excluding hydrogens is 235 g/mol. The van der Waals surface area contributed by atoms with Gasteiger partial charge in [-0.25, -0.2) is 4.39 Å². The molecule has 1 heterocycles. The Kier molecular flexibility index (Phi) is 3.52. The zero-order valence-corrected chi connectivity index (χ0v) is 9.44. The van der Waals surface area contributed by atoms with Crippen molar-refractivity contribution in [1.82, 2.24) is 10.3 Å². The molecule has 0 unspecified atom stereocenters. The van der Waals surface area contributed by atoms with Crippen LogP contribution in [0.2, 0.25) is 0 Å². The molecule has 4 nitrogen and oxygen atoms in total. The normalized spacial score (nSPS) is 10.1. The van der Waals surface area contributed by atoms with E-state index in [1.807, 2.05) is 0 Å². The van der Waals surface area contributed by atoms with E-state index in [0.29, 0.717) is 5.56 Å². The topological polar surface area (TPSA) is 62.0 Å². The Morgan fingerprint density at radius 2 is 2.06 bits per heavy atom. The van der Waals surface area contributed by atoms with E-state index in [9.17, 15) is 14.0 Å². The van der Waals surface area contributed by atoms with E-state index in [-0.39, 0.29) is 23.5 Å². The van der Waals surface area contributed by atoms with Crippen molar-refractivity contribution in [2.24, 2.45) is 0 Å². The minimum absolute atomic E-state index is 0.0719. The van der Waals surface area contributed by atoms with E-state index in [0.717, 1.165) is 0 Å². The molecule has 2 N–H and O–H groups in total. The fourth-order valence-electron chi connectivity index (χ4n) is 1.49. The molecule has 1 amide bonds. The molecule has 0 atom stereocenters. The quantitative estimate of drug-likeness (QED) is 0.860. The summed E-state index contributed by atoms with van der Waals surface area (Å²) in [5.41, 5.74) is 0.285. The predicted molar refractivity (Wildman–Crippen MR) is 64.6 cm³/mol. The molecule has 0 aliphatic carbocycles. The largest absolute Gasteiger partial charge is 0.357 e. The Hall–Kier alpha value is -2.43. The lowest BCUT2D eigenvalue weighted by atomic mass is 10.2. The van der Waals surface area contributed by atoms with Crippen molar-refractivity contribution in [3.8, 4) is 0 Å². The van der Waals surface area contributed by atoms with Gasteiger partial charge in [0, 0.05) is 30.4 Å². The molecule has 0 spiro atoms. The van der Waals surface area contributed by atoms with Crippen LogP contribution in [-0.2, 0) is 6.54 Å². The molecule has 0 radical (unpaired) electrons. The van der Waals surface area contributed by atoms with Crippen LogP contribution in [0.3, 0.4) is 0 Å². The van der Waals surface area contributed by atoms with Crippen LogP contribution in [0.1, 0.15) is 16.1 Å². The summed E-state index contributed by atoms with van der Waals surface area (Å²) in [6, 6.07) is 8.68. The molecule has 0 saturated carbocycles. The number of carbonyl (C=O) groups is 1. The molecule has 0 aliphatic rings. The van der Waals surface area contributed by atoms with Crippen LogP contribution in [0.25, 0.3) is 0 Å². The van der Waals surface area contributed by atoms with Gasteiger partial charge in [-0.15, -0.1) is 0 Å². The minimum Gasteiger partial charge on any atom is -0.357 e. The third kappa shape index (κ3) is 2.82. The van der Waals surface area contributed by atoms with E-state index in [4.69, 9.17) is 0 Å². The number of rotatable bonds is 3. The summed E-state index contributed by atoms with van der Waals surface area (Å²) < 4.78 is 13.3. The standard InChI is InChI=1S/C13H11FN2O2/c14-11-4-2-1-3-9(11)8-16-13(18)12-7-10(17)5-6-15-12/h1-7H,8H2,(H,15,17)(H,16,18). The Labute approximate surface area is 102 Å². The van der Waals surface area contributed by atoms with Gasteiger partial charge in [0.15, 0.2) is 5.43 Å². The van der Waals surface area contributed by atoms with Crippen LogP contribution in [0.15, 0.2) is 47.4 Å². The molecule has 0 bridgehead atoms. The smallest absolute Gasteiger partial charge is 0.268 e. The zero-order chi connectivity index (χ0) is 13.0. The number of nitrogens with one attached hydrogen (secondary N) is 2. The molecule has 2 rings (SSSR count). The summed E-state index contributed by atoms with van der Waals surface area (Å²) in [6.07, 6.45) is 1.39. The van der Waals surface area contributed by atoms with Crippen molar-refractivity contribution in [3.05, 3.63) is 69.9 Å². The van der Waals surface area contributed by atoms with Crippen molar-refractivity contribution in [2.45, 2.75) is 6.54 Å². The van der Waals surface area contributed by atoms with Crippen LogP contribution >= 0.6 is 0 Å². The number of amides is 1. The maximum Gasteiger partial charge on any atom is 0.268 e. The monoisotopic (exact) mass is 246 g/mol. The first kappa shape index (κ1) is 12.0. The van der Waals surface area contributed by atoms with E-state index < -0.39 is 5.91 Å². The van der Waals surface area contributed by atoms with Crippen LogP contribution in [0.4, 0.5) is 4.39 Å². The second kappa shape index (κ2) is 5.27. The van der Waals surface area contributed by atoms with Crippen molar-refractivity contribution in [3.63, 3.8) is 0 Å². The number of hydrogen-bond acceptors (Lipinski definition) is 2. The van der Waals surface area contributed by atoms with Gasteiger partial charge in [-0.05, 0) is 6.07 Å². The van der Waals surface area contributed by atoms with Crippen LogP contribution < -0.4 is 10.7 Å². The van der Waals surface area contributed by atoms with E-state index in [1.165, 1.54) is 24.4 Å². The Morgan fingerprint density at radius 1 is 1.28 bits per heavy atom. The van der Waals surface area contributed by atoms with Crippen molar-refractivity contribution >= 4 is 5.91 Å². The predicted octanol–water partition coefficient (Wildman–Crippen LogP) is 1.44. The number of hydrogen-bond donors (Lipinski definition) is 2. The van der Waals surface area contributed by atoms with E-state index in [2.05, 4.69) is 10.3 Å². The fourth-order valence-corrected chi connectivity index (χ4v) is 1.49. The summed E-state index contributed by atoms with van der Waals surface area (Å²) in [4.78, 5) is 25.4. The number of halogens is 1. The Bertz CT molecular complexity index is 622. The van der Waals surface area contributed by atoms with Gasteiger partial charge in [-0.2, -0.15) is 0 Å².